The van der Waals surface area contributed by atoms with Crippen LogP contribution in [0.2, 0.25) is 0 Å². The molecule has 0 saturated heterocycles. The molecule has 0 amide bonds. The molecule has 8 aromatic carbocycles. The van der Waals surface area contributed by atoms with Gasteiger partial charge in [-0.3, -0.25) is 0 Å². The molecule has 2 aromatic heterocycles. The van der Waals surface area contributed by atoms with Gasteiger partial charge < -0.3 is 0 Å². The first kappa shape index (κ1) is 32.5. The van der Waals surface area contributed by atoms with E-state index in [0.29, 0.717) is 5.82 Å². The third-order valence-electron chi connectivity index (χ3n) is 11.4. The van der Waals surface area contributed by atoms with Crippen LogP contribution in [0.4, 0.5) is 0 Å². The summed E-state index contributed by atoms with van der Waals surface area (Å²) in [5, 5.41) is 2.62. The SMILES string of the molecule is c1ccc(-c2nc(-c3ccc(-c4cccc5sc6ccccc6c45)cc3)cc(-c3cccc4c3C(c3ccccc3)(c3ccccc3)c3ccccc3-4)n2)cc1. The lowest BCUT2D eigenvalue weighted by Crippen LogP contribution is -2.29. The van der Waals surface area contributed by atoms with E-state index < -0.39 is 5.41 Å². The van der Waals surface area contributed by atoms with Crippen molar-refractivity contribution in [3.63, 3.8) is 0 Å². The van der Waals surface area contributed by atoms with Crippen molar-refractivity contribution in [1.82, 2.24) is 9.97 Å². The van der Waals surface area contributed by atoms with Gasteiger partial charge in [0.1, 0.15) is 0 Å². The van der Waals surface area contributed by atoms with Crippen LogP contribution < -0.4 is 0 Å². The van der Waals surface area contributed by atoms with Crippen LogP contribution in [0, 0.1) is 0 Å². The summed E-state index contributed by atoms with van der Waals surface area (Å²) in [6.07, 6.45) is 0. The lowest BCUT2D eigenvalue weighted by Gasteiger charge is -2.35. The largest absolute Gasteiger partial charge is 0.228 e. The molecular formula is C53H34N2S. The van der Waals surface area contributed by atoms with Gasteiger partial charge in [-0.1, -0.05) is 188 Å². The topological polar surface area (TPSA) is 25.8 Å². The summed E-state index contributed by atoms with van der Waals surface area (Å²) in [6.45, 7) is 0. The molecule has 1 aliphatic rings. The van der Waals surface area contributed by atoms with Crippen molar-refractivity contribution >= 4 is 31.5 Å². The van der Waals surface area contributed by atoms with Crippen molar-refractivity contribution in [2.45, 2.75) is 5.41 Å². The van der Waals surface area contributed by atoms with Gasteiger partial charge in [-0.15, -0.1) is 11.3 Å². The Morgan fingerprint density at radius 1 is 0.375 bits per heavy atom. The van der Waals surface area contributed by atoms with E-state index in [-0.39, 0.29) is 0 Å². The first-order valence-corrected chi connectivity index (χ1v) is 19.9. The lowest BCUT2D eigenvalue weighted by molar-refractivity contribution is 0.769. The molecule has 262 valence electrons. The molecule has 3 heteroatoms. The van der Waals surface area contributed by atoms with E-state index in [1.54, 1.807) is 0 Å². The minimum Gasteiger partial charge on any atom is -0.228 e. The third kappa shape index (κ3) is 5.02. The summed E-state index contributed by atoms with van der Waals surface area (Å²) < 4.78 is 2.62. The zero-order valence-corrected chi connectivity index (χ0v) is 31.2. The summed E-state index contributed by atoms with van der Waals surface area (Å²) in [5.41, 5.74) is 14.2. The van der Waals surface area contributed by atoms with Gasteiger partial charge in [-0.05, 0) is 62.7 Å². The van der Waals surface area contributed by atoms with E-state index in [9.17, 15) is 0 Å². The fourth-order valence-corrected chi connectivity index (χ4v) is 10.1. The van der Waals surface area contributed by atoms with E-state index >= 15 is 0 Å². The maximum absolute atomic E-state index is 5.40. The molecule has 1 aliphatic carbocycles. The Kier molecular flexibility index (Phi) is 7.61. The van der Waals surface area contributed by atoms with E-state index in [2.05, 4.69) is 200 Å². The van der Waals surface area contributed by atoms with E-state index in [0.717, 1.165) is 28.1 Å². The van der Waals surface area contributed by atoms with E-state index in [1.165, 1.54) is 64.7 Å². The number of fused-ring (bicyclic) bond motifs is 6. The maximum Gasteiger partial charge on any atom is 0.160 e. The van der Waals surface area contributed by atoms with E-state index in [4.69, 9.17) is 9.97 Å². The molecule has 11 rings (SSSR count). The number of hydrogen-bond acceptors (Lipinski definition) is 3. The van der Waals surface area contributed by atoms with Gasteiger partial charge in [0, 0.05) is 36.9 Å². The summed E-state index contributed by atoms with van der Waals surface area (Å²) in [7, 11) is 0. The Hall–Kier alpha value is -6.94. The lowest BCUT2D eigenvalue weighted by atomic mass is 9.66. The van der Waals surface area contributed by atoms with Crippen LogP contribution in [0.15, 0.2) is 206 Å². The van der Waals surface area contributed by atoms with Crippen molar-refractivity contribution in [2.75, 3.05) is 0 Å². The number of benzene rings is 8. The second kappa shape index (κ2) is 13.1. The van der Waals surface area contributed by atoms with Crippen LogP contribution in [0.25, 0.3) is 76.3 Å². The van der Waals surface area contributed by atoms with Crippen molar-refractivity contribution in [2.24, 2.45) is 0 Å². The van der Waals surface area contributed by atoms with E-state index in [1.807, 2.05) is 17.4 Å². The summed E-state index contributed by atoms with van der Waals surface area (Å²) in [5.74, 6) is 0.704. The van der Waals surface area contributed by atoms with Gasteiger partial charge in [0.05, 0.1) is 16.8 Å². The molecule has 0 atom stereocenters. The smallest absolute Gasteiger partial charge is 0.160 e. The minimum absolute atomic E-state index is 0.558. The monoisotopic (exact) mass is 730 g/mol. The molecule has 0 unspecified atom stereocenters. The Morgan fingerprint density at radius 2 is 0.929 bits per heavy atom. The van der Waals surface area contributed by atoms with Gasteiger partial charge >= 0.3 is 0 Å². The molecule has 0 bridgehead atoms. The Labute approximate surface area is 330 Å². The van der Waals surface area contributed by atoms with Crippen LogP contribution >= 0.6 is 11.3 Å². The minimum atomic E-state index is -0.558. The fourth-order valence-electron chi connectivity index (χ4n) is 9.00. The number of thiophene rings is 1. The summed E-state index contributed by atoms with van der Waals surface area (Å²) in [6, 6.07) is 74.4. The zero-order valence-electron chi connectivity index (χ0n) is 30.4. The zero-order chi connectivity index (χ0) is 37.1. The van der Waals surface area contributed by atoms with Gasteiger partial charge in [0.15, 0.2) is 5.82 Å². The summed E-state index contributed by atoms with van der Waals surface area (Å²) >= 11 is 1.85. The average Bonchev–Trinajstić information content (AvgIpc) is 3.82. The van der Waals surface area contributed by atoms with Crippen molar-refractivity contribution in [1.29, 1.82) is 0 Å². The Bertz CT molecular complexity index is 3020. The number of rotatable bonds is 6. The van der Waals surface area contributed by atoms with Crippen LogP contribution in [-0.2, 0) is 5.41 Å². The van der Waals surface area contributed by atoms with Gasteiger partial charge in [-0.25, -0.2) is 9.97 Å². The van der Waals surface area contributed by atoms with Crippen LogP contribution in [0.5, 0.6) is 0 Å². The second-order valence-corrected chi connectivity index (χ2v) is 15.5. The highest BCUT2D eigenvalue weighted by molar-refractivity contribution is 7.25. The quantitative estimate of drug-likeness (QED) is 0.170. The average molecular weight is 731 g/mol. The molecule has 56 heavy (non-hydrogen) atoms. The Balaban J connectivity index is 1.13. The number of aromatic nitrogens is 2. The summed E-state index contributed by atoms with van der Waals surface area (Å²) in [4.78, 5) is 10.7. The molecule has 0 radical (unpaired) electrons. The van der Waals surface area contributed by atoms with Gasteiger partial charge in [0.25, 0.3) is 0 Å². The fraction of sp³-hybridized carbons (Fsp3) is 0.0189. The van der Waals surface area contributed by atoms with Gasteiger partial charge in [-0.2, -0.15) is 0 Å². The second-order valence-electron chi connectivity index (χ2n) is 14.4. The molecule has 0 spiro atoms. The number of hydrogen-bond donors (Lipinski definition) is 0. The first-order valence-electron chi connectivity index (χ1n) is 19.1. The highest BCUT2D eigenvalue weighted by atomic mass is 32.1. The predicted octanol–water partition coefficient (Wildman–Crippen LogP) is 13.9. The standard InChI is InChI=1S/C53H34N2S/c1-4-16-37(17-5-1)52-54-46(36-32-30-35(31-33-36)40-24-15-29-49-50(40)44-23-11-13-28-48(44)56-49)34-47(55-52)43-26-14-25-42-41-22-10-12-27-45(41)53(51(42)43,38-18-6-2-7-19-38)39-20-8-3-9-21-39/h1-34H. The van der Waals surface area contributed by atoms with Gasteiger partial charge in [0.2, 0.25) is 0 Å². The molecule has 10 aromatic rings. The predicted molar refractivity (Wildman–Crippen MR) is 234 cm³/mol. The highest BCUT2D eigenvalue weighted by Crippen LogP contribution is 2.58. The van der Waals surface area contributed by atoms with Crippen LogP contribution in [0.3, 0.4) is 0 Å². The van der Waals surface area contributed by atoms with Crippen molar-refractivity contribution < 1.29 is 0 Å². The van der Waals surface area contributed by atoms with Crippen LogP contribution in [-0.4, -0.2) is 9.97 Å². The first-order chi connectivity index (χ1) is 27.8. The normalized spacial score (nSPS) is 12.8. The third-order valence-corrected chi connectivity index (χ3v) is 12.5. The Morgan fingerprint density at radius 3 is 1.70 bits per heavy atom. The molecular weight excluding hydrogens is 697 g/mol. The number of nitrogens with zero attached hydrogens (tertiary/aromatic N) is 2. The van der Waals surface area contributed by atoms with Crippen molar-refractivity contribution in [3.8, 4) is 56.2 Å². The van der Waals surface area contributed by atoms with Crippen molar-refractivity contribution in [3.05, 3.63) is 229 Å². The molecule has 2 nitrogen and oxygen atoms in total. The highest BCUT2D eigenvalue weighted by Gasteiger charge is 2.47. The maximum atomic E-state index is 5.40. The molecule has 0 saturated carbocycles. The molecule has 0 N–H and O–H groups in total. The molecule has 2 heterocycles. The molecule has 0 fully saturated rings. The molecule has 0 aliphatic heterocycles. The van der Waals surface area contributed by atoms with Crippen LogP contribution in [0.1, 0.15) is 22.3 Å².